The summed E-state index contributed by atoms with van der Waals surface area (Å²) >= 11 is 0. The molecule has 1 rings (SSSR count). The van der Waals surface area contributed by atoms with Crippen molar-refractivity contribution in [3.05, 3.63) is 53.9 Å². The van der Waals surface area contributed by atoms with Gasteiger partial charge in [-0.05, 0) is 38.5 Å². The monoisotopic (exact) mass is 245 g/mol. The Morgan fingerprint density at radius 3 is 2.56 bits per heavy atom. The van der Waals surface area contributed by atoms with E-state index in [1.54, 1.807) is 6.08 Å². The molecule has 0 aliphatic carbocycles. The van der Waals surface area contributed by atoms with Gasteiger partial charge in [0.2, 0.25) is 0 Å². The number of allylic oxidation sites excluding steroid dienone is 2. The molecule has 1 aromatic carbocycles. The summed E-state index contributed by atoms with van der Waals surface area (Å²) in [7, 11) is 0. The molecule has 0 spiro atoms. The number of hydrogen-bond donors (Lipinski definition) is 1. The number of nitrogens with one attached hydrogen (secondary N) is 1. The van der Waals surface area contributed by atoms with Crippen molar-refractivity contribution in [3.8, 4) is 5.75 Å². The van der Waals surface area contributed by atoms with Crippen molar-refractivity contribution in [2.75, 3.05) is 6.54 Å². The van der Waals surface area contributed by atoms with Crippen LogP contribution in [0.2, 0.25) is 0 Å². The molecule has 0 saturated heterocycles. The normalized spacial score (nSPS) is 11.7. The van der Waals surface area contributed by atoms with Gasteiger partial charge >= 0.3 is 0 Å². The highest BCUT2D eigenvalue weighted by molar-refractivity contribution is 5.30. The highest BCUT2D eigenvalue weighted by Gasteiger charge is 2.01. The zero-order valence-corrected chi connectivity index (χ0v) is 11.6. The van der Waals surface area contributed by atoms with Crippen molar-refractivity contribution < 1.29 is 4.74 Å². The summed E-state index contributed by atoms with van der Waals surface area (Å²) in [4.78, 5) is 0. The fraction of sp³-hybridized carbons (Fsp3) is 0.375. The van der Waals surface area contributed by atoms with Crippen LogP contribution in [0.3, 0.4) is 0 Å². The van der Waals surface area contributed by atoms with E-state index in [4.69, 9.17) is 4.74 Å². The van der Waals surface area contributed by atoms with E-state index in [2.05, 4.69) is 25.7 Å². The van der Waals surface area contributed by atoms with Gasteiger partial charge in [-0.1, -0.05) is 37.6 Å². The fourth-order valence-corrected chi connectivity index (χ4v) is 1.54. The number of ether oxygens (including phenoxy) is 1. The number of hydrogen-bond acceptors (Lipinski definition) is 2. The van der Waals surface area contributed by atoms with E-state index in [1.165, 1.54) is 12.0 Å². The predicted octanol–water partition coefficient (Wildman–Crippen LogP) is 4.18. The van der Waals surface area contributed by atoms with Crippen LogP contribution in [0.1, 0.15) is 32.3 Å². The second-order valence-corrected chi connectivity index (χ2v) is 4.39. The van der Waals surface area contributed by atoms with Gasteiger partial charge in [-0.2, -0.15) is 0 Å². The van der Waals surface area contributed by atoms with Crippen LogP contribution in [0.4, 0.5) is 0 Å². The molecule has 0 aromatic heterocycles. The van der Waals surface area contributed by atoms with Gasteiger partial charge in [0.25, 0.3) is 0 Å². The molecule has 18 heavy (non-hydrogen) atoms. The Kier molecular flexibility index (Phi) is 6.06. The van der Waals surface area contributed by atoms with Crippen LogP contribution in [0.5, 0.6) is 5.75 Å². The molecule has 0 saturated carbocycles. The third-order valence-electron chi connectivity index (χ3n) is 2.72. The number of unbranched alkanes of at least 4 members (excludes halogenated alkanes) is 1. The van der Waals surface area contributed by atoms with Crippen molar-refractivity contribution in [2.45, 2.75) is 33.6 Å². The predicted molar refractivity (Wildman–Crippen MR) is 77.6 cm³/mol. The molecule has 2 nitrogen and oxygen atoms in total. The molecule has 0 heterocycles. The largest absolute Gasteiger partial charge is 0.456 e. The van der Waals surface area contributed by atoms with E-state index in [-0.39, 0.29) is 0 Å². The lowest BCUT2D eigenvalue weighted by atomic mass is 10.2. The Morgan fingerprint density at radius 2 is 2.00 bits per heavy atom. The standard InChI is InChI=1S/C16H23NO/c1-5-7-12-17-14(4)16(6-2)18-15-10-8-13(3)9-11-15/h6,8-11,17H,2,5,7,12H2,1,3-4H3/b16-14-. The summed E-state index contributed by atoms with van der Waals surface area (Å²) in [6.45, 7) is 11.0. The number of benzene rings is 1. The number of aryl methyl sites for hydroxylation is 1. The summed E-state index contributed by atoms with van der Waals surface area (Å²) in [6, 6.07) is 8.02. The van der Waals surface area contributed by atoms with Crippen LogP contribution in [0.25, 0.3) is 0 Å². The Morgan fingerprint density at radius 1 is 1.33 bits per heavy atom. The van der Waals surface area contributed by atoms with E-state index in [0.29, 0.717) is 0 Å². The lowest BCUT2D eigenvalue weighted by Gasteiger charge is -2.12. The zero-order valence-electron chi connectivity index (χ0n) is 11.6. The van der Waals surface area contributed by atoms with Gasteiger partial charge in [0.05, 0.1) is 5.70 Å². The summed E-state index contributed by atoms with van der Waals surface area (Å²) in [5.41, 5.74) is 2.25. The summed E-state index contributed by atoms with van der Waals surface area (Å²) in [5, 5.41) is 3.35. The fourth-order valence-electron chi connectivity index (χ4n) is 1.54. The molecule has 1 N–H and O–H groups in total. The SMILES string of the molecule is C=C/C(Oc1ccc(C)cc1)=C(\C)NCCCC. The highest BCUT2D eigenvalue weighted by atomic mass is 16.5. The Hall–Kier alpha value is -1.70. The minimum atomic E-state index is 0.787. The Balaban J connectivity index is 2.67. The Labute approximate surface area is 110 Å². The molecule has 1 aromatic rings. The smallest absolute Gasteiger partial charge is 0.145 e. The minimum absolute atomic E-state index is 0.787. The first-order valence-corrected chi connectivity index (χ1v) is 6.49. The Bertz CT molecular complexity index is 404. The molecule has 0 fully saturated rings. The molecule has 2 heteroatoms. The van der Waals surface area contributed by atoms with Crippen molar-refractivity contribution >= 4 is 0 Å². The molecule has 0 radical (unpaired) electrons. The summed E-state index contributed by atoms with van der Waals surface area (Å²) < 4.78 is 5.81. The topological polar surface area (TPSA) is 21.3 Å². The van der Waals surface area contributed by atoms with Crippen molar-refractivity contribution in [2.24, 2.45) is 0 Å². The van der Waals surface area contributed by atoms with Crippen LogP contribution in [-0.2, 0) is 0 Å². The summed E-state index contributed by atoms with van der Waals surface area (Å²) in [5.74, 6) is 1.63. The first-order chi connectivity index (χ1) is 8.67. The van der Waals surface area contributed by atoms with Gasteiger partial charge in [-0.3, -0.25) is 0 Å². The molecule has 0 bridgehead atoms. The third kappa shape index (κ3) is 4.66. The molecular formula is C16H23NO. The molecular weight excluding hydrogens is 222 g/mol. The van der Waals surface area contributed by atoms with E-state index in [1.807, 2.05) is 31.2 Å². The average Bonchev–Trinajstić information content (AvgIpc) is 2.38. The molecule has 0 unspecified atom stereocenters. The van der Waals surface area contributed by atoms with Crippen LogP contribution in [-0.4, -0.2) is 6.54 Å². The van der Waals surface area contributed by atoms with Gasteiger partial charge in [0, 0.05) is 6.54 Å². The number of rotatable bonds is 7. The van der Waals surface area contributed by atoms with Gasteiger partial charge in [0.1, 0.15) is 11.5 Å². The van der Waals surface area contributed by atoms with Crippen molar-refractivity contribution in [1.82, 2.24) is 5.32 Å². The van der Waals surface area contributed by atoms with E-state index >= 15 is 0 Å². The van der Waals surface area contributed by atoms with Gasteiger partial charge in [-0.25, -0.2) is 0 Å². The quantitative estimate of drug-likeness (QED) is 0.442. The van der Waals surface area contributed by atoms with Gasteiger partial charge in [-0.15, -0.1) is 0 Å². The lowest BCUT2D eigenvalue weighted by molar-refractivity contribution is 0.431. The van der Waals surface area contributed by atoms with Crippen LogP contribution < -0.4 is 10.1 Å². The van der Waals surface area contributed by atoms with Crippen molar-refractivity contribution in [3.63, 3.8) is 0 Å². The van der Waals surface area contributed by atoms with E-state index in [9.17, 15) is 0 Å². The maximum Gasteiger partial charge on any atom is 0.145 e. The highest BCUT2D eigenvalue weighted by Crippen LogP contribution is 2.16. The molecule has 0 amide bonds. The maximum absolute atomic E-state index is 5.81. The van der Waals surface area contributed by atoms with Gasteiger partial charge < -0.3 is 10.1 Å². The second-order valence-electron chi connectivity index (χ2n) is 4.39. The molecule has 0 atom stereocenters. The first kappa shape index (κ1) is 14.4. The van der Waals surface area contributed by atoms with E-state index < -0.39 is 0 Å². The third-order valence-corrected chi connectivity index (χ3v) is 2.72. The molecule has 0 aliphatic rings. The van der Waals surface area contributed by atoms with Crippen LogP contribution in [0, 0.1) is 6.92 Å². The lowest BCUT2D eigenvalue weighted by Crippen LogP contribution is -2.15. The maximum atomic E-state index is 5.81. The van der Waals surface area contributed by atoms with Crippen LogP contribution in [0.15, 0.2) is 48.4 Å². The van der Waals surface area contributed by atoms with Gasteiger partial charge in [0.15, 0.2) is 0 Å². The zero-order chi connectivity index (χ0) is 13.4. The second kappa shape index (κ2) is 7.59. The summed E-state index contributed by atoms with van der Waals surface area (Å²) in [6.07, 6.45) is 4.09. The van der Waals surface area contributed by atoms with E-state index in [0.717, 1.165) is 30.2 Å². The van der Waals surface area contributed by atoms with Crippen molar-refractivity contribution in [1.29, 1.82) is 0 Å². The average molecular weight is 245 g/mol. The minimum Gasteiger partial charge on any atom is -0.456 e. The van der Waals surface area contributed by atoms with Crippen LogP contribution >= 0.6 is 0 Å². The first-order valence-electron chi connectivity index (χ1n) is 6.49. The molecule has 98 valence electrons. The molecule has 0 aliphatic heterocycles.